The van der Waals surface area contributed by atoms with Crippen molar-refractivity contribution in [1.82, 2.24) is 9.80 Å². The van der Waals surface area contributed by atoms with E-state index in [0.717, 1.165) is 43.6 Å². The number of rotatable bonds is 6. The Kier molecular flexibility index (Phi) is 7.65. The molecule has 0 aliphatic carbocycles. The van der Waals surface area contributed by atoms with Crippen LogP contribution in [0.3, 0.4) is 0 Å². The van der Waals surface area contributed by atoms with Crippen molar-refractivity contribution in [2.75, 3.05) is 20.2 Å². The zero-order valence-corrected chi connectivity index (χ0v) is 22.4. The Morgan fingerprint density at radius 2 is 1.30 bits per heavy atom. The number of piperidine rings is 1. The van der Waals surface area contributed by atoms with Crippen LogP contribution in [0.5, 0.6) is 5.75 Å². The average molecular weight is 563 g/mol. The smallest absolute Gasteiger partial charge is 0.416 e. The van der Waals surface area contributed by atoms with Gasteiger partial charge in [0.05, 0.1) is 23.8 Å². The maximum atomic E-state index is 13.7. The predicted octanol–water partition coefficient (Wildman–Crippen LogP) is 7.67. The molecule has 5 rings (SSSR count). The first-order chi connectivity index (χ1) is 18.9. The van der Waals surface area contributed by atoms with Crippen molar-refractivity contribution in [2.45, 2.75) is 63.2 Å². The first kappa shape index (κ1) is 28.5. The Morgan fingerprint density at radius 3 is 1.82 bits per heavy atom. The van der Waals surface area contributed by atoms with Gasteiger partial charge in [0.15, 0.2) is 0 Å². The molecular formula is C31H32F6N2O. The Labute approximate surface area is 230 Å². The minimum absolute atomic E-state index is 0.0207. The van der Waals surface area contributed by atoms with Crippen molar-refractivity contribution in [3.63, 3.8) is 0 Å². The molecule has 2 heterocycles. The molecule has 0 N–H and O–H groups in total. The number of halogens is 6. The van der Waals surface area contributed by atoms with Crippen LogP contribution in [0.2, 0.25) is 0 Å². The van der Waals surface area contributed by atoms with Gasteiger partial charge < -0.3 is 4.74 Å². The lowest BCUT2D eigenvalue weighted by molar-refractivity contribution is -0.143. The van der Waals surface area contributed by atoms with E-state index >= 15 is 0 Å². The average Bonchev–Trinajstić information content (AvgIpc) is 3.36. The van der Waals surface area contributed by atoms with Crippen LogP contribution >= 0.6 is 0 Å². The second kappa shape index (κ2) is 10.7. The van der Waals surface area contributed by atoms with Crippen LogP contribution in [0.1, 0.15) is 53.1 Å². The molecule has 3 nitrogen and oxygen atoms in total. The third kappa shape index (κ3) is 5.72. The van der Waals surface area contributed by atoms with Crippen molar-refractivity contribution in [3.8, 4) is 5.75 Å². The fourth-order valence-electron chi connectivity index (χ4n) is 6.33. The van der Waals surface area contributed by atoms with E-state index in [1.54, 1.807) is 12.1 Å². The van der Waals surface area contributed by atoms with Crippen LogP contribution in [0.25, 0.3) is 0 Å². The molecule has 1 fully saturated rings. The number of alkyl halides is 6. The number of nitrogens with zero attached hydrogens (tertiary/aromatic N) is 2. The highest BCUT2D eigenvalue weighted by molar-refractivity contribution is 5.42. The summed E-state index contributed by atoms with van der Waals surface area (Å²) in [6.45, 7) is 4.96. The van der Waals surface area contributed by atoms with Crippen LogP contribution in [-0.4, -0.2) is 36.0 Å². The Hall–Kier alpha value is -3.04. The number of methoxy groups -OCH3 is 1. The molecule has 0 amide bonds. The van der Waals surface area contributed by atoms with Gasteiger partial charge >= 0.3 is 12.4 Å². The van der Waals surface area contributed by atoms with E-state index < -0.39 is 29.0 Å². The van der Waals surface area contributed by atoms with Crippen molar-refractivity contribution < 1.29 is 31.1 Å². The minimum atomic E-state index is -4.90. The molecule has 214 valence electrons. The Morgan fingerprint density at radius 1 is 0.775 bits per heavy atom. The zero-order valence-electron chi connectivity index (χ0n) is 22.4. The highest BCUT2D eigenvalue weighted by Gasteiger charge is 2.42. The molecule has 40 heavy (non-hydrogen) atoms. The molecule has 2 aliphatic heterocycles. The summed E-state index contributed by atoms with van der Waals surface area (Å²) in [6.07, 6.45) is -8.16. The van der Waals surface area contributed by atoms with E-state index in [4.69, 9.17) is 4.74 Å². The zero-order chi connectivity index (χ0) is 28.7. The number of ether oxygens (including phenoxy) is 1. The molecule has 0 radical (unpaired) electrons. The monoisotopic (exact) mass is 562 g/mol. The molecule has 1 saturated heterocycles. The second-order valence-corrected chi connectivity index (χ2v) is 11.0. The van der Waals surface area contributed by atoms with Crippen molar-refractivity contribution in [3.05, 3.63) is 100 Å². The lowest BCUT2D eigenvalue weighted by Gasteiger charge is -2.47. The number of benzene rings is 3. The van der Waals surface area contributed by atoms with E-state index in [0.29, 0.717) is 24.9 Å². The van der Waals surface area contributed by atoms with Crippen molar-refractivity contribution in [1.29, 1.82) is 0 Å². The van der Waals surface area contributed by atoms with Gasteiger partial charge in [-0.05, 0) is 67.1 Å². The number of fused-ring (bicyclic) bond motifs is 1. The largest absolute Gasteiger partial charge is 0.496 e. The van der Waals surface area contributed by atoms with E-state index in [1.165, 1.54) is 18.2 Å². The third-order valence-corrected chi connectivity index (χ3v) is 8.43. The van der Waals surface area contributed by atoms with Gasteiger partial charge in [-0.1, -0.05) is 42.5 Å². The second-order valence-electron chi connectivity index (χ2n) is 11.0. The molecule has 9 heteroatoms. The van der Waals surface area contributed by atoms with Gasteiger partial charge in [-0.2, -0.15) is 26.3 Å². The molecule has 0 saturated carbocycles. The summed E-state index contributed by atoms with van der Waals surface area (Å²) in [5, 5.41) is 0. The Balaban J connectivity index is 1.46. The lowest BCUT2D eigenvalue weighted by Crippen LogP contribution is -2.52. The normalized spacial score (nSPS) is 18.9. The summed E-state index contributed by atoms with van der Waals surface area (Å²) >= 11 is 0. The summed E-state index contributed by atoms with van der Waals surface area (Å²) in [5.41, 5.74) is -0.136. The first-order valence-electron chi connectivity index (χ1n) is 13.4. The van der Waals surface area contributed by atoms with Crippen LogP contribution in [0, 0.1) is 0 Å². The minimum Gasteiger partial charge on any atom is -0.496 e. The van der Waals surface area contributed by atoms with E-state index in [-0.39, 0.29) is 18.1 Å². The number of para-hydroxylation sites is 1. The topological polar surface area (TPSA) is 15.7 Å². The van der Waals surface area contributed by atoms with Gasteiger partial charge in [-0.3, -0.25) is 9.80 Å². The third-order valence-electron chi connectivity index (χ3n) is 8.43. The number of hydrogen-bond acceptors (Lipinski definition) is 3. The quantitative estimate of drug-likeness (QED) is 0.287. The van der Waals surface area contributed by atoms with Gasteiger partial charge in [0.25, 0.3) is 0 Å². The molecule has 1 atom stereocenters. The summed E-state index contributed by atoms with van der Waals surface area (Å²) < 4.78 is 87.5. The predicted molar refractivity (Wildman–Crippen MR) is 141 cm³/mol. The maximum Gasteiger partial charge on any atom is 0.416 e. The highest BCUT2D eigenvalue weighted by atomic mass is 19.4. The van der Waals surface area contributed by atoms with Gasteiger partial charge in [0.1, 0.15) is 5.75 Å². The highest BCUT2D eigenvalue weighted by Crippen LogP contribution is 2.42. The summed E-state index contributed by atoms with van der Waals surface area (Å²) in [4.78, 5) is 4.66. The molecular weight excluding hydrogens is 530 g/mol. The lowest BCUT2D eigenvalue weighted by atomic mass is 9.81. The summed E-state index contributed by atoms with van der Waals surface area (Å²) in [6, 6.07) is 17.8. The summed E-state index contributed by atoms with van der Waals surface area (Å²) in [7, 11) is 1.52. The van der Waals surface area contributed by atoms with Crippen LogP contribution < -0.4 is 4.74 Å². The number of hydrogen-bond donors (Lipinski definition) is 0. The van der Waals surface area contributed by atoms with Gasteiger partial charge in [0.2, 0.25) is 0 Å². The SMILES string of the molecule is COc1ccccc1C(C)(Cc1cc(C(F)(F)F)cc(C(F)(F)F)c1)N1CCC(N2Cc3ccccc3C2)CC1. The standard InChI is InChI=1S/C31H32F6N2O/c1-29(27-9-5-6-10-28(27)40-2,18-21-15-24(30(32,33)34)17-25(16-21)31(35,36)37)39-13-11-26(12-14-39)38-19-22-7-3-4-8-23(22)20-38/h3-10,15-17,26H,11-14,18-20H2,1-2H3. The van der Waals surface area contributed by atoms with Gasteiger partial charge in [-0.25, -0.2) is 0 Å². The first-order valence-corrected chi connectivity index (χ1v) is 13.4. The van der Waals surface area contributed by atoms with Gasteiger partial charge in [0, 0.05) is 37.8 Å². The molecule has 0 aromatic heterocycles. The molecule has 3 aromatic carbocycles. The van der Waals surface area contributed by atoms with E-state index in [9.17, 15) is 26.3 Å². The molecule has 2 aliphatic rings. The molecule has 1 unspecified atom stereocenters. The van der Waals surface area contributed by atoms with Crippen molar-refractivity contribution in [2.24, 2.45) is 0 Å². The fraction of sp³-hybridized carbons (Fsp3) is 0.419. The molecule has 0 bridgehead atoms. The fourth-order valence-corrected chi connectivity index (χ4v) is 6.33. The molecule has 3 aromatic rings. The van der Waals surface area contributed by atoms with Gasteiger partial charge in [-0.15, -0.1) is 0 Å². The van der Waals surface area contributed by atoms with E-state index in [2.05, 4.69) is 21.9 Å². The van der Waals surface area contributed by atoms with Crippen LogP contribution in [0.15, 0.2) is 66.7 Å². The Bertz CT molecular complexity index is 1290. The van der Waals surface area contributed by atoms with Crippen LogP contribution in [-0.2, 0) is 37.4 Å². The van der Waals surface area contributed by atoms with Crippen LogP contribution in [0.4, 0.5) is 26.3 Å². The summed E-state index contributed by atoms with van der Waals surface area (Å²) in [5.74, 6) is 0.546. The van der Waals surface area contributed by atoms with Crippen molar-refractivity contribution >= 4 is 0 Å². The number of likely N-dealkylation sites (tertiary alicyclic amines) is 1. The molecule has 0 spiro atoms. The van der Waals surface area contributed by atoms with E-state index in [1.807, 2.05) is 31.2 Å². The maximum absolute atomic E-state index is 13.7.